The summed E-state index contributed by atoms with van der Waals surface area (Å²) in [7, 11) is 1.55. The molecular formula is C33H32N2O7. The number of benzene rings is 3. The van der Waals surface area contributed by atoms with Crippen molar-refractivity contribution in [3.8, 4) is 40.5 Å². The van der Waals surface area contributed by atoms with Crippen molar-refractivity contribution < 1.29 is 33.0 Å². The molecule has 0 bridgehead atoms. The summed E-state index contributed by atoms with van der Waals surface area (Å²) in [5.41, 5.74) is 2.22. The first-order valence-corrected chi connectivity index (χ1v) is 13.4. The first kappa shape index (κ1) is 29.7. The number of esters is 1. The highest BCUT2D eigenvalue weighted by atomic mass is 16.6. The molecule has 0 aliphatic rings. The van der Waals surface area contributed by atoms with Crippen molar-refractivity contribution in [2.75, 3.05) is 26.9 Å². The lowest BCUT2D eigenvalue weighted by molar-refractivity contribution is -0.144. The third-order valence-electron chi connectivity index (χ3n) is 6.27. The summed E-state index contributed by atoms with van der Waals surface area (Å²) < 4.78 is 27.3. The predicted octanol–water partition coefficient (Wildman–Crippen LogP) is 6.21. The number of aromatic nitrogens is 1. The van der Waals surface area contributed by atoms with Crippen LogP contribution in [-0.4, -0.2) is 48.8 Å². The van der Waals surface area contributed by atoms with E-state index in [0.29, 0.717) is 34.6 Å². The lowest BCUT2D eigenvalue weighted by Crippen LogP contribution is -2.40. The van der Waals surface area contributed by atoms with E-state index in [0.717, 1.165) is 11.1 Å². The lowest BCUT2D eigenvalue weighted by atomic mass is 10.1. The van der Waals surface area contributed by atoms with Crippen LogP contribution >= 0.6 is 0 Å². The molecule has 1 aromatic heterocycles. The monoisotopic (exact) mass is 568 g/mol. The average molecular weight is 569 g/mol. The number of carbonyl (C=O) groups excluding carboxylic acids is 2. The summed E-state index contributed by atoms with van der Waals surface area (Å²) in [5, 5.41) is 0. The van der Waals surface area contributed by atoms with Gasteiger partial charge in [-0.25, -0.2) is 9.78 Å². The average Bonchev–Trinajstić information content (AvgIpc) is 3.39. The molecule has 4 aromatic rings. The Morgan fingerprint density at radius 3 is 2.29 bits per heavy atom. The molecule has 0 N–H and O–H groups in total. The molecule has 0 spiro atoms. The van der Waals surface area contributed by atoms with Crippen LogP contribution in [0.15, 0.2) is 83.3 Å². The van der Waals surface area contributed by atoms with E-state index in [4.69, 9.17) is 23.4 Å². The molecule has 0 radical (unpaired) electrons. The predicted molar refractivity (Wildman–Crippen MR) is 156 cm³/mol. The highest BCUT2D eigenvalue weighted by Gasteiger charge is 2.26. The Hall–Kier alpha value is -5.23. The number of nitrogens with zero attached hydrogens (tertiary/aromatic N) is 2. The van der Waals surface area contributed by atoms with Crippen molar-refractivity contribution in [3.05, 3.63) is 95.9 Å². The van der Waals surface area contributed by atoms with Crippen LogP contribution in [0.3, 0.4) is 0 Å². The number of aryl methyl sites for hydroxylation is 1. The largest absolute Gasteiger partial charge is 0.497 e. The molecule has 0 saturated carbocycles. The fourth-order valence-corrected chi connectivity index (χ4v) is 3.99. The normalized spacial score (nSPS) is 11.0. The Balaban J connectivity index is 1.39. The van der Waals surface area contributed by atoms with Crippen LogP contribution < -0.4 is 14.2 Å². The molecule has 1 amide bonds. The molecule has 9 nitrogen and oxygen atoms in total. The van der Waals surface area contributed by atoms with Gasteiger partial charge < -0.3 is 23.4 Å². The third kappa shape index (κ3) is 7.92. The summed E-state index contributed by atoms with van der Waals surface area (Å²) in [6.45, 7) is 5.41. The molecule has 0 aliphatic heterocycles. The van der Waals surface area contributed by atoms with Gasteiger partial charge in [-0.05, 0) is 80.8 Å². The molecule has 0 saturated heterocycles. The summed E-state index contributed by atoms with van der Waals surface area (Å²) >= 11 is 0. The fourth-order valence-electron chi connectivity index (χ4n) is 3.99. The molecule has 4 rings (SSSR count). The van der Waals surface area contributed by atoms with E-state index in [1.807, 2.05) is 49.4 Å². The van der Waals surface area contributed by atoms with E-state index in [1.165, 1.54) is 4.90 Å². The van der Waals surface area contributed by atoms with Crippen molar-refractivity contribution in [1.29, 1.82) is 0 Å². The smallest absolute Gasteiger partial charge is 0.416 e. The van der Waals surface area contributed by atoms with Gasteiger partial charge in [-0.2, -0.15) is 0 Å². The topological polar surface area (TPSA) is 100 Å². The van der Waals surface area contributed by atoms with Gasteiger partial charge in [0.15, 0.2) is 5.69 Å². The molecule has 0 fully saturated rings. The van der Waals surface area contributed by atoms with Gasteiger partial charge >= 0.3 is 12.1 Å². The zero-order valence-corrected chi connectivity index (χ0v) is 24.0. The molecule has 0 aliphatic carbocycles. The Morgan fingerprint density at radius 1 is 0.952 bits per heavy atom. The lowest BCUT2D eigenvalue weighted by Gasteiger charge is -2.28. The Kier molecular flexibility index (Phi) is 10.2. The van der Waals surface area contributed by atoms with Crippen molar-refractivity contribution >= 4 is 12.1 Å². The van der Waals surface area contributed by atoms with Crippen LogP contribution in [-0.2, 0) is 9.53 Å². The molecular weight excluding hydrogens is 536 g/mol. The molecule has 9 heteroatoms. The molecule has 3 aromatic carbocycles. The molecule has 1 heterocycles. The second kappa shape index (κ2) is 14.4. The first-order valence-electron chi connectivity index (χ1n) is 13.4. The number of hydrogen-bond donors (Lipinski definition) is 0. The molecule has 1 atom stereocenters. The van der Waals surface area contributed by atoms with Gasteiger partial charge in [0.2, 0.25) is 5.89 Å². The minimum atomic E-state index is -0.685. The van der Waals surface area contributed by atoms with Crippen LogP contribution in [0.5, 0.6) is 17.2 Å². The van der Waals surface area contributed by atoms with Crippen LogP contribution in [0.1, 0.15) is 36.9 Å². The van der Waals surface area contributed by atoms with E-state index in [9.17, 15) is 9.59 Å². The summed E-state index contributed by atoms with van der Waals surface area (Å²) in [6, 6.07) is 22.9. The maximum Gasteiger partial charge on any atom is 0.416 e. The number of rotatable bonds is 10. The van der Waals surface area contributed by atoms with Gasteiger partial charge in [0.25, 0.3) is 0 Å². The van der Waals surface area contributed by atoms with E-state index < -0.39 is 18.1 Å². The number of hydrogen-bond acceptors (Lipinski definition) is 8. The summed E-state index contributed by atoms with van der Waals surface area (Å²) in [4.78, 5) is 31.2. The molecule has 1 unspecified atom stereocenters. The van der Waals surface area contributed by atoms with Gasteiger partial charge in [0.05, 0.1) is 19.8 Å². The Morgan fingerprint density at radius 2 is 1.62 bits per heavy atom. The number of oxazole rings is 1. The SMILES string of the molecule is CCOC(=O)CN(C(=O)Oc1ccc(OC)cc1)C(C)c1ccc(OCC#Cc2nc(-c3ccccc3)oc2C)cc1. The minimum Gasteiger partial charge on any atom is -0.497 e. The van der Waals surface area contributed by atoms with Crippen molar-refractivity contribution in [2.24, 2.45) is 0 Å². The first-order chi connectivity index (χ1) is 20.4. The second-order valence-corrected chi connectivity index (χ2v) is 9.10. The maximum atomic E-state index is 13.1. The highest BCUT2D eigenvalue weighted by Crippen LogP contribution is 2.25. The van der Waals surface area contributed by atoms with Crippen molar-refractivity contribution in [1.82, 2.24) is 9.88 Å². The summed E-state index contributed by atoms with van der Waals surface area (Å²) in [5.74, 6) is 8.14. The van der Waals surface area contributed by atoms with Gasteiger partial charge in [-0.1, -0.05) is 36.3 Å². The maximum absolute atomic E-state index is 13.1. The fraction of sp³-hybridized carbons (Fsp3) is 0.242. The number of methoxy groups -OCH3 is 1. The Bertz CT molecular complexity index is 1540. The highest BCUT2D eigenvalue weighted by molar-refractivity contribution is 5.79. The van der Waals surface area contributed by atoms with Crippen molar-refractivity contribution in [3.63, 3.8) is 0 Å². The number of ether oxygens (including phenoxy) is 4. The van der Waals surface area contributed by atoms with E-state index >= 15 is 0 Å². The van der Waals surface area contributed by atoms with Crippen LogP contribution in [0.25, 0.3) is 11.5 Å². The summed E-state index contributed by atoms with van der Waals surface area (Å²) in [6.07, 6.45) is -0.685. The van der Waals surface area contributed by atoms with Gasteiger partial charge in [-0.15, -0.1) is 0 Å². The standard InChI is InChI=1S/C33H32N2O7/c1-5-39-31(36)22-35(33(37)42-29-19-17-27(38-4)18-20-29)23(2)25-13-15-28(16-14-25)40-21-9-12-30-24(3)41-32(34-30)26-10-7-6-8-11-26/h6-8,10-11,13-20,23H,5,21-22H2,1-4H3. The van der Waals surface area contributed by atoms with E-state index in [1.54, 1.807) is 57.4 Å². The van der Waals surface area contributed by atoms with E-state index in [-0.39, 0.29) is 19.8 Å². The van der Waals surface area contributed by atoms with E-state index in [2.05, 4.69) is 16.8 Å². The number of amides is 1. The zero-order valence-electron chi connectivity index (χ0n) is 24.0. The Labute approximate surface area is 245 Å². The number of carbonyl (C=O) groups is 2. The molecule has 42 heavy (non-hydrogen) atoms. The van der Waals surface area contributed by atoms with Crippen LogP contribution in [0.2, 0.25) is 0 Å². The quantitative estimate of drug-likeness (QED) is 0.164. The van der Waals surface area contributed by atoms with Gasteiger partial charge in [0, 0.05) is 5.56 Å². The third-order valence-corrected chi connectivity index (χ3v) is 6.27. The van der Waals surface area contributed by atoms with Crippen LogP contribution in [0, 0.1) is 18.8 Å². The zero-order chi connectivity index (χ0) is 29.9. The van der Waals surface area contributed by atoms with Gasteiger partial charge in [-0.3, -0.25) is 9.69 Å². The van der Waals surface area contributed by atoms with Crippen LogP contribution in [0.4, 0.5) is 4.79 Å². The van der Waals surface area contributed by atoms with Crippen molar-refractivity contribution in [2.45, 2.75) is 26.8 Å². The molecule has 216 valence electrons. The second-order valence-electron chi connectivity index (χ2n) is 9.10. The minimum absolute atomic E-state index is 0.144. The van der Waals surface area contributed by atoms with Gasteiger partial charge in [0.1, 0.15) is 36.2 Å².